The first-order valence-corrected chi connectivity index (χ1v) is 14.8. The number of rotatable bonds is 7. The Labute approximate surface area is 262 Å². The fraction of sp³-hybridized carbons (Fsp3) is 0.367. The normalized spacial score (nSPS) is 20.2. The minimum atomic E-state index is -1.23. The van der Waals surface area contributed by atoms with Crippen molar-refractivity contribution in [3.05, 3.63) is 87.6 Å². The third kappa shape index (κ3) is 5.45. The predicted molar refractivity (Wildman–Crippen MR) is 162 cm³/mol. The summed E-state index contributed by atoms with van der Waals surface area (Å²) in [5, 5.41) is 25.7. The zero-order chi connectivity index (χ0) is 31.9. The molecule has 0 atom stereocenters. The Balaban J connectivity index is 1.38. The van der Waals surface area contributed by atoms with Gasteiger partial charge in [0.25, 0.3) is 11.5 Å². The maximum atomic E-state index is 13.8. The van der Waals surface area contributed by atoms with Crippen LogP contribution < -0.4 is 16.2 Å². The van der Waals surface area contributed by atoms with Crippen molar-refractivity contribution in [1.82, 2.24) is 44.6 Å². The molecule has 1 aromatic carbocycles. The molecule has 7 rings (SSSR count). The number of halogens is 1. The van der Waals surface area contributed by atoms with Crippen molar-refractivity contribution < 1.29 is 19.5 Å². The van der Waals surface area contributed by atoms with E-state index in [1.54, 1.807) is 52.2 Å². The number of aromatic nitrogens is 6. The summed E-state index contributed by atoms with van der Waals surface area (Å²) in [6.45, 7) is 0.659. The van der Waals surface area contributed by atoms with E-state index >= 15 is 0 Å². The van der Waals surface area contributed by atoms with Crippen molar-refractivity contribution in [3.8, 4) is 11.4 Å². The van der Waals surface area contributed by atoms with Crippen LogP contribution >= 0.6 is 11.6 Å². The van der Waals surface area contributed by atoms with Crippen LogP contribution in [0.3, 0.4) is 0 Å². The number of carbonyl (C=O) groups is 3. The van der Waals surface area contributed by atoms with Gasteiger partial charge in [-0.05, 0) is 49.4 Å². The molecule has 2 bridgehead atoms. The molecule has 0 radical (unpaired) electrons. The number of nitrogens with zero attached hydrogens (tertiary/aromatic N) is 7. The zero-order valence-electron chi connectivity index (χ0n) is 24.7. The summed E-state index contributed by atoms with van der Waals surface area (Å²) >= 11 is 6.45. The SMILES string of the molecule is CN(C)C(=O)C(=O)NC12CCC(Cn3cccn3)(CC1)Cn1c2nc(C(=O)NCc2cccc(Cl)c2-n2cccn2)c(O)c1=O. The van der Waals surface area contributed by atoms with E-state index in [-0.39, 0.29) is 18.9 Å². The van der Waals surface area contributed by atoms with E-state index in [9.17, 15) is 24.3 Å². The Kier molecular flexibility index (Phi) is 7.69. The molecule has 3 aromatic heterocycles. The van der Waals surface area contributed by atoms with Gasteiger partial charge >= 0.3 is 11.8 Å². The second-order valence-electron chi connectivity index (χ2n) is 11.8. The number of amides is 3. The molecule has 15 heteroatoms. The molecule has 1 fully saturated rings. The van der Waals surface area contributed by atoms with Gasteiger partial charge in [-0.3, -0.25) is 28.4 Å². The average molecular weight is 634 g/mol. The van der Waals surface area contributed by atoms with Gasteiger partial charge in [0.05, 0.1) is 16.2 Å². The van der Waals surface area contributed by atoms with Gasteiger partial charge in [-0.15, -0.1) is 0 Å². The van der Waals surface area contributed by atoms with E-state index < -0.39 is 45.7 Å². The fourth-order valence-electron chi connectivity index (χ4n) is 6.36. The third-order valence-electron chi connectivity index (χ3n) is 8.70. The number of fused-ring (bicyclic) bond motifs is 2. The summed E-state index contributed by atoms with van der Waals surface area (Å²) < 4.78 is 4.70. The van der Waals surface area contributed by atoms with Gasteiger partial charge in [-0.2, -0.15) is 10.2 Å². The highest BCUT2D eigenvalue weighted by Gasteiger charge is 2.52. The molecule has 0 saturated heterocycles. The van der Waals surface area contributed by atoms with E-state index in [1.165, 1.54) is 18.7 Å². The number of hydrogen-bond donors (Lipinski definition) is 3. The molecule has 234 valence electrons. The molecule has 0 spiro atoms. The van der Waals surface area contributed by atoms with Crippen LogP contribution in [0.15, 0.2) is 59.9 Å². The zero-order valence-corrected chi connectivity index (χ0v) is 25.5. The average Bonchev–Trinajstić information content (AvgIpc) is 3.70. The molecule has 3 N–H and O–H groups in total. The number of likely N-dealkylation sites (N-methyl/N-ethyl adjacent to an activating group) is 1. The second kappa shape index (κ2) is 11.5. The number of para-hydroxylation sites is 1. The molecular weight excluding hydrogens is 602 g/mol. The smallest absolute Gasteiger partial charge is 0.311 e. The Morgan fingerprint density at radius 2 is 1.78 bits per heavy atom. The summed E-state index contributed by atoms with van der Waals surface area (Å²) in [4.78, 5) is 58.8. The van der Waals surface area contributed by atoms with Crippen LogP contribution in [0.1, 0.15) is 47.6 Å². The van der Waals surface area contributed by atoms with Crippen molar-refractivity contribution in [2.24, 2.45) is 5.41 Å². The van der Waals surface area contributed by atoms with Gasteiger partial charge in [-0.25, -0.2) is 9.67 Å². The maximum absolute atomic E-state index is 13.8. The largest absolute Gasteiger partial charge is 0.501 e. The number of nitrogens with one attached hydrogen (secondary N) is 2. The van der Waals surface area contributed by atoms with Crippen molar-refractivity contribution in [2.45, 2.75) is 50.9 Å². The predicted octanol–water partition coefficient (Wildman–Crippen LogP) is 1.59. The van der Waals surface area contributed by atoms with Gasteiger partial charge in [-0.1, -0.05) is 23.7 Å². The fourth-order valence-corrected chi connectivity index (χ4v) is 6.64. The van der Waals surface area contributed by atoms with Crippen LogP contribution in [-0.4, -0.2) is 70.9 Å². The molecular formula is C30H32ClN9O5. The minimum absolute atomic E-state index is 0.0136. The van der Waals surface area contributed by atoms with Crippen LogP contribution in [0.4, 0.5) is 0 Å². The molecule has 1 aliphatic carbocycles. The van der Waals surface area contributed by atoms with Crippen molar-refractivity contribution in [1.29, 1.82) is 0 Å². The highest BCUT2D eigenvalue weighted by atomic mass is 35.5. The maximum Gasteiger partial charge on any atom is 0.311 e. The standard InChI is InChI=1S/C30H32ClN9O5/c1-37(2)27(45)25(43)36-30-10-8-29(9-11-30,17-38-14-4-12-33-38)18-39-26(44)23(41)21(35-28(30)39)24(42)32-16-19-6-3-7-20(31)22(19)40-15-5-13-34-40/h3-7,12-15,41H,8-11,16-18H2,1-2H3,(H,32,42)(H,36,43). The molecule has 4 aromatic rings. The lowest BCUT2D eigenvalue weighted by atomic mass is 9.68. The summed E-state index contributed by atoms with van der Waals surface area (Å²) in [6.07, 6.45) is 8.68. The molecule has 1 saturated carbocycles. The number of benzene rings is 1. The van der Waals surface area contributed by atoms with Crippen molar-refractivity contribution in [2.75, 3.05) is 14.1 Å². The molecule has 0 unspecified atom stereocenters. The Hall–Kier alpha value is -4.98. The molecule has 14 nitrogen and oxygen atoms in total. The lowest BCUT2D eigenvalue weighted by molar-refractivity contribution is -0.145. The first-order valence-electron chi connectivity index (χ1n) is 14.4. The minimum Gasteiger partial charge on any atom is -0.501 e. The van der Waals surface area contributed by atoms with E-state index in [1.807, 2.05) is 12.3 Å². The van der Waals surface area contributed by atoms with Crippen LogP contribution in [0.25, 0.3) is 5.69 Å². The highest BCUT2D eigenvalue weighted by Crippen LogP contribution is 2.50. The lowest BCUT2D eigenvalue weighted by Gasteiger charge is -2.42. The van der Waals surface area contributed by atoms with Crippen molar-refractivity contribution in [3.63, 3.8) is 0 Å². The second-order valence-corrected chi connectivity index (χ2v) is 12.3. The molecule has 45 heavy (non-hydrogen) atoms. The van der Waals surface area contributed by atoms with E-state index in [0.717, 1.165) is 4.90 Å². The van der Waals surface area contributed by atoms with Crippen LogP contribution in [0.2, 0.25) is 5.02 Å². The Bertz CT molecular complexity index is 1820. The topological polar surface area (TPSA) is 169 Å². The first kappa shape index (κ1) is 30.1. The summed E-state index contributed by atoms with van der Waals surface area (Å²) in [7, 11) is 2.94. The van der Waals surface area contributed by atoms with Crippen molar-refractivity contribution >= 4 is 29.3 Å². The first-order chi connectivity index (χ1) is 21.5. The molecule has 2 aliphatic heterocycles. The summed E-state index contributed by atoms with van der Waals surface area (Å²) in [6, 6.07) is 8.76. The number of hydrogen-bond acceptors (Lipinski definition) is 8. The van der Waals surface area contributed by atoms with Gasteiger partial charge in [0, 0.05) is 63.9 Å². The molecule has 3 aliphatic rings. The summed E-state index contributed by atoms with van der Waals surface area (Å²) in [5.74, 6) is -3.10. The van der Waals surface area contributed by atoms with Crippen LogP contribution in [0.5, 0.6) is 5.75 Å². The van der Waals surface area contributed by atoms with E-state index in [0.29, 0.717) is 48.5 Å². The lowest BCUT2D eigenvalue weighted by Crippen LogP contribution is -2.54. The quantitative estimate of drug-likeness (QED) is 0.258. The van der Waals surface area contributed by atoms with Gasteiger partial charge in [0.2, 0.25) is 5.75 Å². The number of carbonyl (C=O) groups excluding carboxylic acids is 3. The summed E-state index contributed by atoms with van der Waals surface area (Å²) in [5.41, 5.74) is -1.77. The van der Waals surface area contributed by atoms with E-state index in [4.69, 9.17) is 11.6 Å². The Morgan fingerprint density at radius 3 is 2.44 bits per heavy atom. The highest BCUT2D eigenvalue weighted by molar-refractivity contribution is 6.35. The third-order valence-corrected chi connectivity index (χ3v) is 9.00. The molecule has 3 amide bonds. The van der Waals surface area contributed by atoms with E-state index in [2.05, 4.69) is 25.8 Å². The van der Waals surface area contributed by atoms with Gasteiger partial charge < -0.3 is 20.6 Å². The van der Waals surface area contributed by atoms with Gasteiger partial charge in [0.1, 0.15) is 5.82 Å². The number of aromatic hydroxyl groups is 1. The van der Waals surface area contributed by atoms with Crippen LogP contribution in [-0.2, 0) is 34.8 Å². The Morgan fingerprint density at radius 1 is 1.04 bits per heavy atom. The monoisotopic (exact) mass is 633 g/mol. The van der Waals surface area contributed by atoms with Gasteiger partial charge in [0.15, 0.2) is 5.69 Å². The van der Waals surface area contributed by atoms with Crippen LogP contribution in [0, 0.1) is 5.41 Å². The molecule has 5 heterocycles.